The zero-order chi connectivity index (χ0) is 19.9. The number of aromatic nitrogens is 3. The highest BCUT2D eigenvalue weighted by Crippen LogP contribution is 2.28. The Kier molecular flexibility index (Phi) is 4.44. The highest BCUT2D eigenvalue weighted by atomic mass is 19.4. The molecule has 1 saturated heterocycles. The number of hydrogen-bond acceptors (Lipinski definition) is 3. The van der Waals surface area contributed by atoms with Gasteiger partial charge in [0.05, 0.1) is 18.7 Å². The molecule has 1 fully saturated rings. The van der Waals surface area contributed by atoms with Crippen molar-refractivity contribution in [3.05, 3.63) is 59.7 Å². The van der Waals surface area contributed by atoms with Crippen LogP contribution < -0.4 is 9.88 Å². The Morgan fingerprint density at radius 3 is 2.46 bits per heavy atom. The molecule has 0 saturated carbocycles. The molecule has 1 amide bonds. The number of alkyl halides is 3. The Balaban J connectivity index is 1.43. The summed E-state index contributed by atoms with van der Waals surface area (Å²) in [5, 5.41) is 0. The van der Waals surface area contributed by atoms with Gasteiger partial charge in [0.1, 0.15) is 30.6 Å². The molecular formula is C19H19F3N5O+. The lowest BCUT2D eigenvalue weighted by atomic mass is 10.2. The van der Waals surface area contributed by atoms with Crippen LogP contribution in [-0.2, 0) is 6.18 Å². The summed E-state index contributed by atoms with van der Waals surface area (Å²) in [4.78, 5) is 23.5. The van der Waals surface area contributed by atoms with Gasteiger partial charge in [0.15, 0.2) is 0 Å². The van der Waals surface area contributed by atoms with E-state index >= 15 is 0 Å². The van der Waals surface area contributed by atoms with Crippen LogP contribution >= 0.6 is 0 Å². The number of nitrogens with zero attached hydrogens (tertiary/aromatic N) is 4. The number of anilines is 1. The van der Waals surface area contributed by atoms with E-state index in [-0.39, 0.29) is 5.91 Å². The number of fused-ring (bicyclic) bond motifs is 1. The van der Waals surface area contributed by atoms with Gasteiger partial charge in [-0.25, -0.2) is 9.97 Å². The third-order valence-corrected chi connectivity index (χ3v) is 4.95. The third-order valence-electron chi connectivity index (χ3n) is 4.95. The number of imidazole rings is 1. The van der Waals surface area contributed by atoms with Crippen LogP contribution in [0.1, 0.15) is 21.7 Å². The van der Waals surface area contributed by atoms with Crippen molar-refractivity contribution >= 4 is 17.4 Å². The number of amides is 1. The molecule has 1 aliphatic rings. The van der Waals surface area contributed by atoms with Crippen molar-refractivity contribution in [3.8, 4) is 0 Å². The molecule has 0 aromatic carbocycles. The normalized spacial score (nSPS) is 15.3. The first-order valence-electron chi connectivity index (χ1n) is 8.91. The molecule has 4 heterocycles. The lowest BCUT2D eigenvalue weighted by Crippen LogP contribution is -2.50. The predicted molar refractivity (Wildman–Crippen MR) is 96.0 cm³/mol. The van der Waals surface area contributed by atoms with Crippen molar-refractivity contribution in [1.29, 1.82) is 0 Å². The number of carbonyl (C=O) groups is 1. The first-order valence-corrected chi connectivity index (χ1v) is 8.91. The third kappa shape index (κ3) is 3.39. The molecule has 0 radical (unpaired) electrons. The van der Waals surface area contributed by atoms with E-state index in [4.69, 9.17) is 0 Å². The molecule has 28 heavy (non-hydrogen) atoms. The molecule has 1 aliphatic heterocycles. The van der Waals surface area contributed by atoms with Crippen LogP contribution in [0.15, 0.2) is 42.7 Å². The fourth-order valence-electron chi connectivity index (χ4n) is 3.35. The van der Waals surface area contributed by atoms with Gasteiger partial charge >= 0.3 is 6.18 Å². The Morgan fingerprint density at radius 2 is 1.86 bits per heavy atom. The fourth-order valence-corrected chi connectivity index (χ4v) is 3.35. The number of H-pyrrole nitrogens is 1. The van der Waals surface area contributed by atoms with Gasteiger partial charge in [0.2, 0.25) is 0 Å². The molecular weight excluding hydrogens is 371 g/mol. The van der Waals surface area contributed by atoms with Crippen LogP contribution in [0.3, 0.4) is 0 Å². The van der Waals surface area contributed by atoms with Gasteiger partial charge in [-0.15, -0.1) is 0 Å². The average molecular weight is 390 g/mol. The number of pyridine rings is 2. The fraction of sp³-hybridized carbons (Fsp3) is 0.316. The van der Waals surface area contributed by atoms with Gasteiger partial charge in [-0.3, -0.25) is 9.69 Å². The Labute approximate surface area is 159 Å². The second-order valence-electron chi connectivity index (χ2n) is 6.76. The number of hydrogen-bond donors (Lipinski definition) is 0. The maximum absolute atomic E-state index is 12.8. The highest BCUT2D eigenvalue weighted by Gasteiger charge is 2.33. The summed E-state index contributed by atoms with van der Waals surface area (Å²) in [5.41, 5.74) is 1.39. The summed E-state index contributed by atoms with van der Waals surface area (Å²) < 4.78 is 39.9. The number of rotatable bonds is 2. The average Bonchev–Trinajstić information content (AvgIpc) is 3.13. The number of halogens is 3. The predicted octanol–water partition coefficient (Wildman–Crippen LogP) is 2.44. The Hall–Kier alpha value is -3.10. The van der Waals surface area contributed by atoms with Crippen LogP contribution in [0.2, 0.25) is 0 Å². The van der Waals surface area contributed by atoms with Crippen molar-refractivity contribution < 1.29 is 22.9 Å². The van der Waals surface area contributed by atoms with E-state index in [1.54, 1.807) is 11.1 Å². The van der Waals surface area contributed by atoms with Gasteiger partial charge in [-0.1, -0.05) is 6.07 Å². The van der Waals surface area contributed by atoms with Gasteiger partial charge in [-0.2, -0.15) is 13.2 Å². The van der Waals surface area contributed by atoms with E-state index in [0.717, 1.165) is 23.6 Å². The topological polar surface area (TPSA) is 55.0 Å². The van der Waals surface area contributed by atoms with Crippen molar-refractivity contribution in [2.75, 3.05) is 31.1 Å². The van der Waals surface area contributed by atoms with E-state index in [9.17, 15) is 18.0 Å². The van der Waals surface area contributed by atoms with Crippen LogP contribution in [-0.4, -0.2) is 46.4 Å². The molecule has 0 atom stereocenters. The summed E-state index contributed by atoms with van der Waals surface area (Å²) in [5.74, 6) is 0.461. The molecule has 0 bridgehead atoms. The summed E-state index contributed by atoms with van der Waals surface area (Å²) >= 11 is 0. The molecule has 3 aromatic heterocycles. The van der Waals surface area contributed by atoms with E-state index < -0.39 is 11.7 Å². The number of aryl methyl sites for hydroxylation is 1. The van der Waals surface area contributed by atoms with Crippen LogP contribution in [0.4, 0.5) is 19.0 Å². The van der Waals surface area contributed by atoms with E-state index in [0.29, 0.717) is 37.7 Å². The lowest BCUT2D eigenvalue weighted by molar-refractivity contribution is -0.367. The molecule has 0 spiro atoms. The van der Waals surface area contributed by atoms with E-state index in [1.807, 2.05) is 34.4 Å². The molecule has 6 nitrogen and oxygen atoms in total. The highest BCUT2D eigenvalue weighted by molar-refractivity contribution is 5.93. The maximum atomic E-state index is 12.8. The minimum Gasteiger partial charge on any atom is -0.329 e. The van der Waals surface area contributed by atoms with E-state index in [2.05, 4.69) is 9.97 Å². The van der Waals surface area contributed by atoms with Crippen molar-refractivity contribution in [1.82, 2.24) is 14.3 Å². The first kappa shape index (κ1) is 18.3. The summed E-state index contributed by atoms with van der Waals surface area (Å²) in [6.07, 6.45) is -1.67. The van der Waals surface area contributed by atoms with Crippen molar-refractivity contribution in [2.24, 2.45) is 0 Å². The number of carbonyl (C=O) groups excluding carboxylic acids is 1. The number of aromatic amines is 1. The largest absolute Gasteiger partial charge is 0.419 e. The van der Waals surface area contributed by atoms with Gasteiger partial charge in [0.25, 0.3) is 11.7 Å². The SMILES string of the molecule is Cc1cccc2nc(C(=O)N3CCN(c4ccc(C(F)(F)F)c[nH+]4)CC3)cn12. The number of nitrogens with one attached hydrogen (secondary N) is 1. The van der Waals surface area contributed by atoms with Crippen LogP contribution in [0.25, 0.3) is 5.65 Å². The summed E-state index contributed by atoms with van der Waals surface area (Å²) in [7, 11) is 0. The molecule has 1 N–H and O–H groups in total. The Bertz CT molecular complexity index is 1000. The minimum absolute atomic E-state index is 0.140. The Morgan fingerprint density at radius 1 is 1.11 bits per heavy atom. The second-order valence-corrected chi connectivity index (χ2v) is 6.76. The van der Waals surface area contributed by atoms with E-state index in [1.165, 1.54) is 6.07 Å². The van der Waals surface area contributed by atoms with Crippen molar-refractivity contribution in [2.45, 2.75) is 13.1 Å². The first-order chi connectivity index (χ1) is 13.3. The van der Waals surface area contributed by atoms with Crippen molar-refractivity contribution in [3.63, 3.8) is 0 Å². The second kappa shape index (κ2) is 6.81. The smallest absolute Gasteiger partial charge is 0.329 e. The van der Waals surface area contributed by atoms with Gasteiger partial charge < -0.3 is 9.30 Å². The summed E-state index contributed by atoms with van der Waals surface area (Å²) in [6.45, 7) is 3.95. The maximum Gasteiger partial charge on any atom is 0.419 e. The molecule has 0 unspecified atom stereocenters. The standard InChI is InChI=1S/C19H18F3N5O/c1-13-3-2-4-17-24-15(12-27(13)17)18(28)26-9-7-25(8-10-26)16-6-5-14(11-23-16)19(20,21)22/h2-6,11-12H,7-10H2,1H3/p+1. The zero-order valence-corrected chi connectivity index (χ0v) is 15.2. The quantitative estimate of drug-likeness (QED) is 0.676. The van der Waals surface area contributed by atoms with Gasteiger partial charge in [0, 0.05) is 18.0 Å². The monoisotopic (exact) mass is 390 g/mol. The number of piperazine rings is 1. The summed E-state index contributed by atoms with van der Waals surface area (Å²) in [6, 6.07) is 8.17. The molecule has 3 aromatic rings. The minimum atomic E-state index is -4.37. The van der Waals surface area contributed by atoms with Gasteiger partial charge in [-0.05, 0) is 25.1 Å². The van der Waals surface area contributed by atoms with Crippen LogP contribution in [0.5, 0.6) is 0 Å². The van der Waals surface area contributed by atoms with Crippen LogP contribution in [0, 0.1) is 6.92 Å². The molecule has 4 rings (SSSR count). The zero-order valence-electron chi connectivity index (χ0n) is 15.2. The molecule has 0 aliphatic carbocycles. The lowest BCUT2D eigenvalue weighted by Gasteiger charge is -2.30. The molecule has 9 heteroatoms. The molecule has 146 valence electrons.